The number of rotatable bonds is 3. The molecule has 0 radical (unpaired) electrons. The Morgan fingerprint density at radius 3 is 2.85 bits per heavy atom. The van der Waals surface area contributed by atoms with Crippen LogP contribution in [0.15, 0.2) is 37.2 Å². The van der Waals surface area contributed by atoms with Crippen molar-refractivity contribution in [2.75, 3.05) is 11.9 Å². The van der Waals surface area contributed by atoms with Crippen molar-refractivity contribution in [2.24, 2.45) is 0 Å². The normalized spacial score (nSPS) is 12.7. The summed E-state index contributed by atoms with van der Waals surface area (Å²) in [6.07, 6.45) is 3.00. The third kappa shape index (κ3) is 4.32. The second-order valence-corrected chi connectivity index (χ2v) is 6.10. The number of urea groups is 1. The quantitative estimate of drug-likeness (QED) is 0.551. The van der Waals surface area contributed by atoms with Gasteiger partial charge in [0.1, 0.15) is 18.0 Å². The number of hydrogen-bond acceptors (Lipinski definition) is 5. The van der Waals surface area contributed by atoms with Gasteiger partial charge in [0.25, 0.3) is 5.91 Å². The van der Waals surface area contributed by atoms with Crippen LogP contribution in [0.5, 0.6) is 0 Å². The Labute approximate surface area is 159 Å². The van der Waals surface area contributed by atoms with Crippen LogP contribution in [0.1, 0.15) is 11.3 Å². The van der Waals surface area contributed by atoms with E-state index in [0.29, 0.717) is 24.5 Å². The molecule has 140 valence electrons. The van der Waals surface area contributed by atoms with E-state index in [1.54, 1.807) is 0 Å². The highest BCUT2D eigenvalue weighted by molar-refractivity contribution is 6.31. The van der Waals surface area contributed by atoms with Gasteiger partial charge in [0, 0.05) is 24.2 Å². The van der Waals surface area contributed by atoms with E-state index in [0.717, 1.165) is 17.3 Å². The largest absolute Gasteiger partial charge is 0.340 e. The van der Waals surface area contributed by atoms with E-state index in [1.165, 1.54) is 29.4 Å². The minimum atomic E-state index is -0.517. The average Bonchev–Trinajstić information content (AvgIpc) is 2.68. The van der Waals surface area contributed by atoms with Gasteiger partial charge in [-0.1, -0.05) is 18.2 Å². The Morgan fingerprint density at radius 2 is 2.11 bits per heavy atom. The van der Waals surface area contributed by atoms with Crippen molar-refractivity contribution in [3.63, 3.8) is 0 Å². The van der Waals surface area contributed by atoms with E-state index in [-0.39, 0.29) is 11.6 Å². The van der Waals surface area contributed by atoms with Crippen LogP contribution in [0.4, 0.5) is 20.7 Å². The van der Waals surface area contributed by atoms with Crippen molar-refractivity contribution >= 4 is 35.0 Å². The molecule has 27 heavy (non-hydrogen) atoms. The fraction of sp³-hybridized carbons (Fsp3) is 0.176. The van der Waals surface area contributed by atoms with E-state index in [2.05, 4.69) is 32.7 Å². The van der Waals surface area contributed by atoms with Crippen LogP contribution in [0.2, 0.25) is 5.02 Å². The summed E-state index contributed by atoms with van der Waals surface area (Å²) in [5, 5.41) is 3.06. The maximum atomic E-state index is 13.3. The number of halogens is 2. The smallest absolute Gasteiger partial charge is 0.336 e. The van der Waals surface area contributed by atoms with Crippen molar-refractivity contribution in [2.45, 2.75) is 13.0 Å². The van der Waals surface area contributed by atoms with Gasteiger partial charge in [-0.15, -0.1) is 0 Å². The third-order valence-corrected chi connectivity index (χ3v) is 4.24. The molecule has 1 aliphatic rings. The van der Waals surface area contributed by atoms with E-state index >= 15 is 0 Å². The molecule has 2 heterocycles. The molecule has 1 aliphatic heterocycles. The number of anilines is 2. The molecule has 8 nitrogen and oxygen atoms in total. The van der Waals surface area contributed by atoms with Crippen LogP contribution in [-0.2, 0) is 17.8 Å². The Morgan fingerprint density at radius 1 is 1.30 bits per heavy atom. The molecule has 0 aliphatic carbocycles. The third-order valence-electron chi connectivity index (χ3n) is 3.95. The van der Waals surface area contributed by atoms with Gasteiger partial charge in [-0.05, 0) is 24.3 Å². The number of aromatic nitrogens is 2. The van der Waals surface area contributed by atoms with Crippen molar-refractivity contribution in [3.05, 3.63) is 59.3 Å². The molecule has 3 N–H and O–H groups in total. The summed E-state index contributed by atoms with van der Waals surface area (Å²) in [6, 6.07) is 3.77. The molecule has 0 spiro atoms. The maximum Gasteiger partial charge on any atom is 0.336 e. The zero-order valence-electron chi connectivity index (χ0n) is 14.1. The van der Waals surface area contributed by atoms with E-state index < -0.39 is 17.8 Å². The molecule has 0 saturated heterocycles. The predicted molar refractivity (Wildman–Crippen MR) is 97.7 cm³/mol. The number of carbonyl (C=O) groups excluding carboxylic acids is 2. The Hall–Kier alpha value is -3.20. The summed E-state index contributed by atoms with van der Waals surface area (Å²) in [4.78, 5) is 33.4. The summed E-state index contributed by atoms with van der Waals surface area (Å²) in [5.41, 5.74) is 6.63. The number of benzene rings is 1. The van der Waals surface area contributed by atoms with E-state index in [1.807, 2.05) is 0 Å². The molecule has 0 fully saturated rings. The summed E-state index contributed by atoms with van der Waals surface area (Å²) < 4.78 is 13.3. The van der Waals surface area contributed by atoms with Gasteiger partial charge in [0.2, 0.25) is 0 Å². The standard InChI is InChI=1S/C17H16ClFN6O2/c1-2-15(26)23-24-17(27)25-6-5-14-11(8-25)16(21-9-20-14)22-10-3-4-13(19)12(18)7-10/h2-4,7,9H,1,5-6,8H2,(H,23,26)(H,24,27)(H,20,21,22). The lowest BCUT2D eigenvalue weighted by Gasteiger charge is -2.29. The van der Waals surface area contributed by atoms with Crippen molar-refractivity contribution in [1.29, 1.82) is 0 Å². The first-order chi connectivity index (χ1) is 13.0. The number of nitrogens with one attached hydrogen (secondary N) is 3. The van der Waals surface area contributed by atoms with Gasteiger partial charge in [0.05, 0.1) is 17.3 Å². The molecule has 1 aromatic heterocycles. The fourth-order valence-electron chi connectivity index (χ4n) is 2.58. The second-order valence-electron chi connectivity index (χ2n) is 5.70. The molecule has 0 bridgehead atoms. The van der Waals surface area contributed by atoms with Crippen LogP contribution in [0.25, 0.3) is 0 Å². The molecular weight excluding hydrogens is 375 g/mol. The Kier molecular flexibility index (Phi) is 5.51. The average molecular weight is 391 g/mol. The Bertz CT molecular complexity index is 907. The summed E-state index contributed by atoms with van der Waals surface area (Å²) in [7, 11) is 0. The summed E-state index contributed by atoms with van der Waals surface area (Å²) in [5.74, 6) is -0.536. The number of hydrazine groups is 1. The lowest BCUT2D eigenvalue weighted by molar-refractivity contribution is -0.117. The van der Waals surface area contributed by atoms with E-state index in [9.17, 15) is 14.0 Å². The van der Waals surface area contributed by atoms with Gasteiger partial charge in [0.15, 0.2) is 0 Å². The lowest BCUT2D eigenvalue weighted by atomic mass is 10.1. The zero-order valence-corrected chi connectivity index (χ0v) is 14.9. The first kappa shape index (κ1) is 18.6. The van der Waals surface area contributed by atoms with Crippen molar-refractivity contribution in [3.8, 4) is 0 Å². The second kappa shape index (κ2) is 8.00. The van der Waals surface area contributed by atoms with Crippen LogP contribution >= 0.6 is 11.6 Å². The van der Waals surface area contributed by atoms with Gasteiger partial charge in [-0.25, -0.2) is 24.6 Å². The van der Waals surface area contributed by atoms with Gasteiger partial charge >= 0.3 is 6.03 Å². The monoisotopic (exact) mass is 390 g/mol. The van der Waals surface area contributed by atoms with Crippen LogP contribution in [0.3, 0.4) is 0 Å². The number of nitrogens with zero attached hydrogens (tertiary/aromatic N) is 3. The fourth-order valence-corrected chi connectivity index (χ4v) is 2.76. The summed E-state index contributed by atoms with van der Waals surface area (Å²) >= 11 is 5.81. The number of hydrogen-bond donors (Lipinski definition) is 3. The van der Waals surface area contributed by atoms with Gasteiger partial charge < -0.3 is 10.2 Å². The van der Waals surface area contributed by atoms with Crippen LogP contribution in [-0.4, -0.2) is 33.4 Å². The molecule has 3 rings (SSSR count). The summed E-state index contributed by atoms with van der Waals surface area (Å²) in [6.45, 7) is 3.98. The van der Waals surface area contributed by atoms with Gasteiger partial charge in [-0.2, -0.15) is 0 Å². The minimum absolute atomic E-state index is 0.0121. The molecule has 0 atom stereocenters. The van der Waals surface area contributed by atoms with Gasteiger partial charge in [-0.3, -0.25) is 10.2 Å². The first-order valence-corrected chi connectivity index (χ1v) is 8.38. The maximum absolute atomic E-state index is 13.3. The van der Waals surface area contributed by atoms with Crippen molar-refractivity contribution in [1.82, 2.24) is 25.7 Å². The predicted octanol–water partition coefficient (Wildman–Crippen LogP) is 2.30. The number of fused-ring (bicyclic) bond motifs is 1. The molecular formula is C17H16ClFN6O2. The first-order valence-electron chi connectivity index (χ1n) is 8.00. The minimum Gasteiger partial charge on any atom is -0.340 e. The highest BCUT2D eigenvalue weighted by atomic mass is 35.5. The van der Waals surface area contributed by atoms with Crippen molar-refractivity contribution < 1.29 is 14.0 Å². The molecule has 0 saturated carbocycles. The molecule has 1 aromatic carbocycles. The lowest BCUT2D eigenvalue weighted by Crippen LogP contribution is -2.49. The topological polar surface area (TPSA) is 99.3 Å². The number of amides is 3. The molecule has 10 heteroatoms. The highest BCUT2D eigenvalue weighted by Gasteiger charge is 2.24. The molecule has 2 aromatic rings. The Balaban J connectivity index is 1.76. The highest BCUT2D eigenvalue weighted by Crippen LogP contribution is 2.27. The van der Waals surface area contributed by atoms with Crippen LogP contribution in [0, 0.1) is 5.82 Å². The molecule has 0 unspecified atom stereocenters. The molecule has 3 amide bonds. The SMILES string of the molecule is C=CC(=O)NNC(=O)N1CCc2ncnc(Nc3ccc(F)c(Cl)c3)c2C1. The number of carbonyl (C=O) groups is 2. The van der Waals surface area contributed by atoms with E-state index in [4.69, 9.17) is 11.6 Å². The van der Waals surface area contributed by atoms with Crippen LogP contribution < -0.4 is 16.2 Å². The zero-order chi connectivity index (χ0) is 19.4.